The molecule has 2 nitrogen and oxygen atoms in total. The third kappa shape index (κ3) is 3.36. The minimum atomic E-state index is 0.120. The van der Waals surface area contributed by atoms with E-state index in [9.17, 15) is 4.79 Å². The molecule has 0 atom stereocenters. The molecule has 1 aromatic carbocycles. The van der Waals surface area contributed by atoms with E-state index in [1.54, 1.807) is 17.8 Å². The zero-order valence-electron chi connectivity index (χ0n) is 8.57. The minimum Gasteiger partial charge on any atom is -0.211 e. The fourth-order valence-corrected chi connectivity index (χ4v) is 2.04. The predicted octanol–water partition coefficient (Wildman–Crippen LogP) is 3.54. The Hall–Kier alpha value is -1.05. The molecule has 3 heteroatoms. The maximum Gasteiger partial charge on any atom is 0.240 e. The first kappa shape index (κ1) is 11.0. The van der Waals surface area contributed by atoms with Crippen LogP contribution in [0.5, 0.6) is 0 Å². The second kappa shape index (κ2) is 4.45. The molecular weight excluding hydrogens is 194 g/mol. The molecule has 0 spiro atoms. The third-order valence-electron chi connectivity index (χ3n) is 1.45. The van der Waals surface area contributed by atoms with E-state index in [-0.39, 0.29) is 4.75 Å². The number of isocyanates is 1. The molecule has 0 radical (unpaired) electrons. The number of nitrogens with zero attached hydrogens (tertiary/aromatic N) is 1. The highest BCUT2D eigenvalue weighted by Gasteiger charge is 2.14. The number of carbonyl (C=O) groups excluding carboxylic acids is 1. The van der Waals surface area contributed by atoms with Crippen molar-refractivity contribution < 1.29 is 4.79 Å². The monoisotopic (exact) mass is 207 g/mol. The lowest BCUT2D eigenvalue weighted by molar-refractivity contribution is 0.565. The summed E-state index contributed by atoms with van der Waals surface area (Å²) in [6.07, 6.45) is 1.57. The largest absolute Gasteiger partial charge is 0.240 e. The van der Waals surface area contributed by atoms with Gasteiger partial charge in [-0.05, 0) is 12.1 Å². The number of rotatable bonds is 2. The first-order chi connectivity index (χ1) is 6.53. The van der Waals surface area contributed by atoms with Gasteiger partial charge in [-0.25, -0.2) is 4.79 Å². The standard InChI is InChI=1S/C11H13NOS/c1-11(2,3)14-10-7-5-4-6-9(10)12-8-13/h4-7H,1-3H3. The van der Waals surface area contributed by atoms with Gasteiger partial charge < -0.3 is 0 Å². The molecule has 1 aromatic rings. The van der Waals surface area contributed by atoms with Crippen molar-refractivity contribution in [2.24, 2.45) is 4.99 Å². The van der Waals surface area contributed by atoms with E-state index in [1.165, 1.54) is 0 Å². The van der Waals surface area contributed by atoms with Crippen LogP contribution in [0.4, 0.5) is 5.69 Å². The van der Waals surface area contributed by atoms with Gasteiger partial charge in [-0.1, -0.05) is 32.9 Å². The van der Waals surface area contributed by atoms with Crippen molar-refractivity contribution in [1.82, 2.24) is 0 Å². The Bertz CT molecular complexity index is 362. The van der Waals surface area contributed by atoms with Crippen LogP contribution in [0.3, 0.4) is 0 Å². The Morgan fingerprint density at radius 2 is 1.93 bits per heavy atom. The molecule has 14 heavy (non-hydrogen) atoms. The second-order valence-corrected chi connectivity index (χ2v) is 5.75. The zero-order valence-corrected chi connectivity index (χ0v) is 9.39. The van der Waals surface area contributed by atoms with Crippen LogP contribution in [0.15, 0.2) is 34.2 Å². The maximum atomic E-state index is 10.2. The van der Waals surface area contributed by atoms with Crippen molar-refractivity contribution in [2.45, 2.75) is 30.4 Å². The highest BCUT2D eigenvalue weighted by Crippen LogP contribution is 2.37. The van der Waals surface area contributed by atoms with Crippen LogP contribution in [0.1, 0.15) is 20.8 Å². The molecule has 0 saturated carbocycles. The lowest BCUT2D eigenvalue weighted by Crippen LogP contribution is -2.06. The number of para-hydroxylation sites is 1. The molecule has 0 fully saturated rings. The SMILES string of the molecule is CC(C)(C)Sc1ccccc1N=C=O. The third-order valence-corrected chi connectivity index (χ3v) is 2.63. The molecule has 0 heterocycles. The van der Waals surface area contributed by atoms with Gasteiger partial charge in [0.2, 0.25) is 6.08 Å². The van der Waals surface area contributed by atoms with E-state index in [2.05, 4.69) is 25.8 Å². The Morgan fingerprint density at radius 3 is 2.50 bits per heavy atom. The molecule has 0 aliphatic carbocycles. The number of benzene rings is 1. The van der Waals surface area contributed by atoms with Gasteiger partial charge >= 0.3 is 0 Å². The highest BCUT2D eigenvalue weighted by molar-refractivity contribution is 8.00. The fourth-order valence-electron chi connectivity index (χ4n) is 1.01. The summed E-state index contributed by atoms with van der Waals surface area (Å²) < 4.78 is 0.120. The van der Waals surface area contributed by atoms with Gasteiger partial charge in [0.15, 0.2) is 0 Å². The van der Waals surface area contributed by atoms with Crippen LogP contribution < -0.4 is 0 Å². The lowest BCUT2D eigenvalue weighted by Gasteiger charge is -2.18. The molecule has 0 aromatic heterocycles. The van der Waals surface area contributed by atoms with E-state index < -0.39 is 0 Å². The lowest BCUT2D eigenvalue weighted by atomic mass is 10.3. The van der Waals surface area contributed by atoms with E-state index in [1.807, 2.05) is 24.3 Å². The highest BCUT2D eigenvalue weighted by atomic mass is 32.2. The molecule has 0 aliphatic heterocycles. The first-order valence-electron chi connectivity index (χ1n) is 4.39. The summed E-state index contributed by atoms with van der Waals surface area (Å²) >= 11 is 1.69. The van der Waals surface area contributed by atoms with E-state index in [4.69, 9.17) is 0 Å². The molecule has 0 amide bonds. The van der Waals surface area contributed by atoms with Crippen LogP contribution in [-0.4, -0.2) is 10.8 Å². The van der Waals surface area contributed by atoms with Crippen molar-refractivity contribution in [1.29, 1.82) is 0 Å². The summed E-state index contributed by atoms with van der Waals surface area (Å²) in [6.45, 7) is 6.37. The van der Waals surface area contributed by atoms with E-state index in [0.29, 0.717) is 5.69 Å². The first-order valence-corrected chi connectivity index (χ1v) is 5.20. The van der Waals surface area contributed by atoms with Gasteiger partial charge in [0, 0.05) is 9.64 Å². The van der Waals surface area contributed by atoms with Crippen molar-refractivity contribution in [3.05, 3.63) is 24.3 Å². The van der Waals surface area contributed by atoms with Gasteiger partial charge in [0.25, 0.3) is 0 Å². The number of hydrogen-bond donors (Lipinski definition) is 0. The second-order valence-electron chi connectivity index (χ2n) is 3.89. The predicted molar refractivity (Wildman–Crippen MR) is 59.8 cm³/mol. The van der Waals surface area contributed by atoms with Gasteiger partial charge in [-0.3, -0.25) is 0 Å². The van der Waals surface area contributed by atoms with Crippen LogP contribution >= 0.6 is 11.8 Å². The smallest absolute Gasteiger partial charge is 0.211 e. The topological polar surface area (TPSA) is 29.4 Å². The van der Waals surface area contributed by atoms with Crippen molar-refractivity contribution in [2.75, 3.05) is 0 Å². The molecule has 1 rings (SSSR count). The molecule has 0 bridgehead atoms. The summed E-state index contributed by atoms with van der Waals surface area (Å²) in [6, 6.07) is 7.59. The van der Waals surface area contributed by atoms with Crippen LogP contribution in [0, 0.1) is 0 Å². The molecule has 74 valence electrons. The van der Waals surface area contributed by atoms with Gasteiger partial charge in [0.05, 0.1) is 5.69 Å². The van der Waals surface area contributed by atoms with Crippen molar-refractivity contribution in [3.63, 3.8) is 0 Å². The van der Waals surface area contributed by atoms with Crippen LogP contribution in [0.2, 0.25) is 0 Å². The normalized spacial score (nSPS) is 10.8. The van der Waals surface area contributed by atoms with E-state index in [0.717, 1.165) is 4.90 Å². The number of aliphatic imine (C=N–C) groups is 1. The van der Waals surface area contributed by atoms with E-state index >= 15 is 0 Å². The van der Waals surface area contributed by atoms with Crippen LogP contribution in [-0.2, 0) is 4.79 Å². The summed E-state index contributed by atoms with van der Waals surface area (Å²) in [5.41, 5.74) is 0.697. The average Bonchev–Trinajstić information content (AvgIpc) is 2.06. The summed E-state index contributed by atoms with van der Waals surface area (Å²) in [4.78, 5) is 14.9. The minimum absolute atomic E-state index is 0.120. The van der Waals surface area contributed by atoms with Gasteiger partial charge in [0.1, 0.15) is 0 Å². The summed E-state index contributed by atoms with van der Waals surface area (Å²) in [5.74, 6) is 0. The van der Waals surface area contributed by atoms with Gasteiger partial charge in [-0.2, -0.15) is 4.99 Å². The Morgan fingerprint density at radius 1 is 1.29 bits per heavy atom. The Kier molecular flexibility index (Phi) is 3.50. The van der Waals surface area contributed by atoms with Crippen molar-refractivity contribution >= 4 is 23.5 Å². The van der Waals surface area contributed by atoms with Crippen LogP contribution in [0.25, 0.3) is 0 Å². The number of thioether (sulfide) groups is 1. The molecule has 0 unspecified atom stereocenters. The molecule has 0 saturated heterocycles. The molecule has 0 N–H and O–H groups in total. The molecule has 0 aliphatic rings. The Balaban J connectivity index is 3.01. The Labute approximate surface area is 88.4 Å². The molecular formula is C11H13NOS. The summed E-state index contributed by atoms with van der Waals surface area (Å²) in [7, 11) is 0. The average molecular weight is 207 g/mol. The fraction of sp³-hybridized carbons (Fsp3) is 0.364. The quantitative estimate of drug-likeness (QED) is 0.421. The summed E-state index contributed by atoms with van der Waals surface area (Å²) in [5, 5.41) is 0. The van der Waals surface area contributed by atoms with Crippen molar-refractivity contribution in [3.8, 4) is 0 Å². The maximum absolute atomic E-state index is 10.2. The number of hydrogen-bond acceptors (Lipinski definition) is 3. The van der Waals surface area contributed by atoms with Gasteiger partial charge in [-0.15, -0.1) is 11.8 Å². The zero-order chi connectivity index (χ0) is 10.6.